The maximum absolute atomic E-state index is 11.9. The number of methoxy groups -OCH3 is 2. The van der Waals surface area contributed by atoms with Crippen LogP contribution in [0.1, 0.15) is 50.2 Å². The van der Waals surface area contributed by atoms with Crippen LogP contribution in [0.4, 0.5) is 0 Å². The van der Waals surface area contributed by atoms with Gasteiger partial charge in [0.25, 0.3) is 0 Å². The summed E-state index contributed by atoms with van der Waals surface area (Å²) in [6, 6.07) is 22.5. The van der Waals surface area contributed by atoms with Crippen LogP contribution in [0.3, 0.4) is 0 Å². The minimum Gasteiger partial charge on any atom is -0.497 e. The third-order valence-corrected chi connectivity index (χ3v) is 8.03. The third-order valence-electron chi connectivity index (χ3n) is 7.28. The van der Waals surface area contributed by atoms with Gasteiger partial charge in [0.05, 0.1) is 44.1 Å². The minimum absolute atomic E-state index is 0.0936. The lowest BCUT2D eigenvalue weighted by atomic mass is 10.0. The van der Waals surface area contributed by atoms with E-state index in [0.29, 0.717) is 77.9 Å². The Bertz CT molecular complexity index is 1680. The first-order valence-electron chi connectivity index (χ1n) is 14.4. The van der Waals surface area contributed by atoms with Crippen molar-refractivity contribution >= 4 is 33.6 Å². The number of hydrogen-bond acceptors (Lipinski definition) is 8. The van der Waals surface area contributed by atoms with Gasteiger partial charge in [0.15, 0.2) is 11.6 Å². The van der Waals surface area contributed by atoms with E-state index in [1.165, 1.54) is 0 Å². The lowest BCUT2D eigenvalue weighted by molar-refractivity contribution is 0.0923. The quantitative estimate of drug-likeness (QED) is 0.177. The number of fused-ring (bicyclic) bond motifs is 2. The molecule has 0 saturated heterocycles. The van der Waals surface area contributed by atoms with E-state index in [1.54, 1.807) is 44.6 Å². The molecule has 0 saturated carbocycles. The van der Waals surface area contributed by atoms with Gasteiger partial charge in [-0.15, -0.1) is 0 Å². The summed E-state index contributed by atoms with van der Waals surface area (Å²) in [5, 5.41) is 0. The number of carbonyl (C=O) groups is 2. The van der Waals surface area contributed by atoms with Crippen LogP contribution in [0.5, 0.6) is 34.5 Å². The van der Waals surface area contributed by atoms with Crippen molar-refractivity contribution in [3.63, 3.8) is 0 Å². The Balaban J connectivity index is 0.000000178. The van der Waals surface area contributed by atoms with Crippen LogP contribution in [0, 0.1) is 0 Å². The highest BCUT2D eigenvalue weighted by Gasteiger charge is 2.24. The Hall–Kier alpha value is -4.76. The molecule has 4 aromatic carbocycles. The Morgan fingerprint density at radius 3 is 1.67 bits per heavy atom. The van der Waals surface area contributed by atoms with Gasteiger partial charge in [-0.2, -0.15) is 0 Å². The molecule has 2 aliphatic heterocycles. The van der Waals surface area contributed by atoms with Crippen molar-refractivity contribution in [3.05, 3.63) is 112 Å². The molecule has 6 rings (SSSR count). The Morgan fingerprint density at radius 1 is 0.689 bits per heavy atom. The average Bonchev–Trinajstić information content (AvgIpc) is 3.08. The number of halogens is 1. The Morgan fingerprint density at radius 2 is 1.16 bits per heavy atom. The van der Waals surface area contributed by atoms with Gasteiger partial charge in [-0.1, -0.05) is 36.9 Å². The van der Waals surface area contributed by atoms with Gasteiger partial charge < -0.3 is 28.4 Å². The monoisotopic (exact) mass is 672 g/mol. The Labute approximate surface area is 270 Å². The van der Waals surface area contributed by atoms with E-state index < -0.39 is 0 Å². The second-order valence-corrected chi connectivity index (χ2v) is 10.9. The number of ether oxygens (including phenoxy) is 6. The second kappa shape index (κ2) is 14.8. The van der Waals surface area contributed by atoms with Gasteiger partial charge >= 0.3 is 0 Å². The molecule has 0 aromatic heterocycles. The highest BCUT2D eigenvalue weighted by Crippen LogP contribution is 2.40. The van der Waals surface area contributed by atoms with Gasteiger partial charge in [-0.25, -0.2) is 0 Å². The molecule has 2 heterocycles. The molecule has 45 heavy (non-hydrogen) atoms. The summed E-state index contributed by atoms with van der Waals surface area (Å²) in [7, 11) is 3.27. The summed E-state index contributed by atoms with van der Waals surface area (Å²) < 4.78 is 33.9. The van der Waals surface area contributed by atoms with Crippen molar-refractivity contribution in [3.8, 4) is 34.5 Å². The number of rotatable bonds is 9. The molecule has 4 aromatic rings. The zero-order valence-electron chi connectivity index (χ0n) is 25.1. The summed E-state index contributed by atoms with van der Waals surface area (Å²) in [5.41, 5.74) is 3.99. The highest BCUT2D eigenvalue weighted by atomic mass is 79.9. The fourth-order valence-electron chi connectivity index (χ4n) is 4.81. The topological polar surface area (TPSA) is 89.5 Å². The number of ketones is 2. The lowest BCUT2D eigenvalue weighted by Crippen LogP contribution is -2.16. The predicted molar refractivity (Wildman–Crippen MR) is 174 cm³/mol. The van der Waals surface area contributed by atoms with Crippen molar-refractivity contribution in [2.24, 2.45) is 0 Å². The van der Waals surface area contributed by atoms with Crippen LogP contribution < -0.4 is 28.4 Å². The van der Waals surface area contributed by atoms with E-state index in [2.05, 4.69) is 22.5 Å². The molecule has 9 heteroatoms. The van der Waals surface area contributed by atoms with E-state index in [-0.39, 0.29) is 11.6 Å². The molecule has 0 N–H and O–H groups in total. The molecule has 2 aliphatic rings. The van der Waals surface area contributed by atoms with Gasteiger partial charge in [0.1, 0.15) is 52.2 Å². The van der Waals surface area contributed by atoms with Crippen LogP contribution in [0.25, 0.3) is 6.08 Å². The Kier molecular flexibility index (Phi) is 10.4. The van der Waals surface area contributed by atoms with E-state index in [9.17, 15) is 9.59 Å². The molecule has 0 atom stereocenters. The van der Waals surface area contributed by atoms with Crippen LogP contribution in [0.15, 0.2) is 83.8 Å². The number of benzene rings is 4. The normalized spacial score (nSPS) is 13.1. The van der Waals surface area contributed by atoms with E-state index in [4.69, 9.17) is 28.4 Å². The zero-order valence-corrected chi connectivity index (χ0v) is 26.7. The molecule has 0 fully saturated rings. The first-order chi connectivity index (χ1) is 21.9. The maximum Gasteiger partial charge on any atom is 0.170 e. The molecular formula is C36H33BrO8. The lowest BCUT2D eigenvalue weighted by Gasteiger charge is -2.20. The van der Waals surface area contributed by atoms with Crippen molar-refractivity contribution in [1.29, 1.82) is 0 Å². The summed E-state index contributed by atoms with van der Waals surface area (Å²) in [6.07, 6.45) is 2.50. The van der Waals surface area contributed by atoms with Gasteiger partial charge in [-0.05, 0) is 75.6 Å². The van der Waals surface area contributed by atoms with Crippen LogP contribution >= 0.6 is 15.9 Å². The summed E-state index contributed by atoms with van der Waals surface area (Å²) in [4.78, 5) is 23.8. The third kappa shape index (κ3) is 7.49. The zero-order chi connectivity index (χ0) is 31.8. The minimum atomic E-state index is 0.0936. The van der Waals surface area contributed by atoms with Gasteiger partial charge in [0.2, 0.25) is 0 Å². The van der Waals surface area contributed by atoms with E-state index >= 15 is 0 Å². The summed E-state index contributed by atoms with van der Waals surface area (Å²) in [6.45, 7) is 5.46. The number of Topliss-reactive ketones (excluding diaryl/α,β-unsaturated/α-hetero) is 2. The smallest absolute Gasteiger partial charge is 0.170 e. The van der Waals surface area contributed by atoms with Crippen molar-refractivity contribution in [2.75, 3.05) is 27.4 Å². The molecule has 232 valence electrons. The SMILES string of the molecule is C=Cc1c(OCc2ccc(OC)cc2)ccc2c1OCCC2=O.COc1ccc(COc2ccc3c(c2Br)OCCC3=O)cc1. The molecule has 0 spiro atoms. The molecular weight excluding hydrogens is 640 g/mol. The fourth-order valence-corrected chi connectivity index (χ4v) is 5.39. The number of carbonyl (C=O) groups excluding carboxylic acids is 2. The largest absolute Gasteiger partial charge is 0.497 e. The summed E-state index contributed by atoms with van der Waals surface area (Å²) in [5.74, 6) is 4.27. The van der Waals surface area contributed by atoms with E-state index in [1.807, 2.05) is 48.5 Å². The maximum atomic E-state index is 11.9. The standard InChI is InChI=1S/C19H18O4.C17H15BrO4/c1-3-15-18(9-8-16-17(20)10-11-22-19(15)16)23-12-13-4-6-14(21-2)7-5-13;1-20-12-4-2-11(3-5-12)10-22-15-7-6-13-14(19)8-9-21-17(13)16(15)18/h3-9H,1,10-12H2,2H3;2-7H,8-10H2,1H3. The van der Waals surface area contributed by atoms with Crippen LogP contribution in [0.2, 0.25) is 0 Å². The first-order valence-corrected chi connectivity index (χ1v) is 15.2. The summed E-state index contributed by atoms with van der Waals surface area (Å²) >= 11 is 3.47. The molecule has 8 nitrogen and oxygen atoms in total. The van der Waals surface area contributed by atoms with Crippen LogP contribution in [-0.2, 0) is 13.2 Å². The first kappa shape index (κ1) is 31.7. The van der Waals surface area contributed by atoms with Crippen LogP contribution in [-0.4, -0.2) is 39.0 Å². The van der Waals surface area contributed by atoms with Crippen molar-refractivity contribution in [2.45, 2.75) is 26.1 Å². The number of hydrogen-bond donors (Lipinski definition) is 0. The molecule has 0 bridgehead atoms. The van der Waals surface area contributed by atoms with E-state index in [0.717, 1.165) is 28.2 Å². The molecule has 0 aliphatic carbocycles. The molecule has 0 radical (unpaired) electrons. The van der Waals surface area contributed by atoms with Gasteiger partial charge in [0, 0.05) is 12.8 Å². The molecule has 0 unspecified atom stereocenters. The van der Waals surface area contributed by atoms with Gasteiger partial charge in [-0.3, -0.25) is 9.59 Å². The average molecular weight is 674 g/mol. The second-order valence-electron chi connectivity index (χ2n) is 10.1. The fraction of sp³-hybridized carbons (Fsp3) is 0.222. The highest BCUT2D eigenvalue weighted by molar-refractivity contribution is 9.10. The van der Waals surface area contributed by atoms with Crippen molar-refractivity contribution < 1.29 is 38.0 Å². The molecule has 0 amide bonds. The predicted octanol–water partition coefficient (Wildman–Crippen LogP) is 7.88. The van der Waals surface area contributed by atoms with Crippen molar-refractivity contribution in [1.82, 2.24) is 0 Å².